The number of benzene rings is 1. The van der Waals surface area contributed by atoms with Crippen molar-refractivity contribution in [1.29, 1.82) is 0 Å². The van der Waals surface area contributed by atoms with Gasteiger partial charge in [-0.25, -0.2) is 8.42 Å². The van der Waals surface area contributed by atoms with Crippen molar-refractivity contribution < 1.29 is 13.2 Å². The molecule has 0 saturated carbocycles. The third-order valence-corrected chi connectivity index (χ3v) is 6.64. The molecule has 0 bridgehead atoms. The molecule has 0 spiro atoms. The van der Waals surface area contributed by atoms with Crippen LogP contribution in [-0.2, 0) is 14.6 Å². The number of rotatable bonds is 3. The van der Waals surface area contributed by atoms with Crippen LogP contribution < -0.4 is 0 Å². The zero-order chi connectivity index (χ0) is 15.6. The highest BCUT2D eigenvalue weighted by Gasteiger charge is 2.33. The van der Waals surface area contributed by atoms with Crippen LogP contribution in [0.1, 0.15) is 26.7 Å². The molecular weight excluding hydrogens is 354 g/mol. The number of hydrogen-bond donors (Lipinski definition) is 0. The first kappa shape index (κ1) is 16.5. The second-order valence-corrected chi connectivity index (χ2v) is 8.82. The largest absolute Gasteiger partial charge is 0.342 e. The zero-order valence-electron chi connectivity index (χ0n) is 12.3. The first-order chi connectivity index (χ1) is 9.82. The van der Waals surface area contributed by atoms with Gasteiger partial charge in [0.25, 0.3) is 0 Å². The Balaban J connectivity index is 2.07. The highest BCUT2D eigenvalue weighted by atomic mass is 79.9. The van der Waals surface area contributed by atoms with Gasteiger partial charge in [-0.15, -0.1) is 0 Å². The molecule has 1 aromatic carbocycles. The Hall–Kier alpha value is -0.880. The number of carbonyl (C=O) groups excluding carboxylic acids is 1. The molecule has 0 unspecified atom stereocenters. The Morgan fingerprint density at radius 1 is 1.19 bits per heavy atom. The summed E-state index contributed by atoms with van der Waals surface area (Å²) < 4.78 is 26.0. The van der Waals surface area contributed by atoms with Crippen LogP contribution in [0.15, 0.2) is 33.6 Å². The van der Waals surface area contributed by atoms with E-state index in [2.05, 4.69) is 15.9 Å². The van der Waals surface area contributed by atoms with Crippen molar-refractivity contribution in [2.75, 3.05) is 13.1 Å². The molecular formula is C15H20BrNO3S. The molecule has 116 valence electrons. The van der Waals surface area contributed by atoms with Gasteiger partial charge in [0.1, 0.15) is 0 Å². The van der Waals surface area contributed by atoms with E-state index in [0.717, 1.165) is 4.47 Å². The summed E-state index contributed by atoms with van der Waals surface area (Å²) in [6.07, 6.45) is 1.02. The average molecular weight is 374 g/mol. The van der Waals surface area contributed by atoms with E-state index in [1.54, 1.807) is 29.2 Å². The maximum Gasteiger partial charge on any atom is 0.225 e. The Bertz CT molecular complexity index is 602. The maximum absolute atomic E-state index is 12.6. The molecule has 0 aromatic heterocycles. The van der Waals surface area contributed by atoms with Crippen LogP contribution in [0.3, 0.4) is 0 Å². The number of nitrogens with zero attached hydrogens (tertiary/aromatic N) is 1. The van der Waals surface area contributed by atoms with E-state index in [4.69, 9.17) is 0 Å². The Labute approximate surface area is 134 Å². The summed E-state index contributed by atoms with van der Waals surface area (Å²) in [6, 6.07) is 6.74. The van der Waals surface area contributed by atoms with Crippen LogP contribution >= 0.6 is 15.9 Å². The van der Waals surface area contributed by atoms with Gasteiger partial charge in [0.2, 0.25) is 5.91 Å². The summed E-state index contributed by atoms with van der Waals surface area (Å²) in [5.41, 5.74) is 0. The van der Waals surface area contributed by atoms with E-state index in [9.17, 15) is 13.2 Å². The van der Waals surface area contributed by atoms with E-state index < -0.39 is 15.1 Å². The van der Waals surface area contributed by atoms with E-state index >= 15 is 0 Å². The maximum atomic E-state index is 12.6. The molecule has 1 aliphatic rings. The summed E-state index contributed by atoms with van der Waals surface area (Å²) in [6.45, 7) is 4.79. The molecule has 21 heavy (non-hydrogen) atoms. The van der Waals surface area contributed by atoms with E-state index in [0.29, 0.717) is 30.8 Å². The number of piperidine rings is 1. The number of likely N-dealkylation sites (tertiary alicyclic amines) is 1. The van der Waals surface area contributed by atoms with Gasteiger partial charge in [0, 0.05) is 23.5 Å². The second-order valence-electron chi connectivity index (χ2n) is 5.68. The van der Waals surface area contributed by atoms with Crippen molar-refractivity contribution in [2.24, 2.45) is 5.92 Å². The third kappa shape index (κ3) is 3.66. The van der Waals surface area contributed by atoms with Gasteiger partial charge < -0.3 is 4.90 Å². The quantitative estimate of drug-likeness (QED) is 0.818. The van der Waals surface area contributed by atoms with Crippen LogP contribution in [0, 0.1) is 5.92 Å². The normalized spacial score (nSPS) is 17.2. The third-order valence-electron chi connectivity index (χ3n) is 3.83. The molecule has 1 heterocycles. The predicted octanol–water partition coefficient (Wildman–Crippen LogP) is 2.87. The van der Waals surface area contributed by atoms with Crippen LogP contribution in [0.5, 0.6) is 0 Å². The number of carbonyl (C=O) groups is 1. The lowest BCUT2D eigenvalue weighted by Crippen LogP contribution is -2.44. The minimum atomic E-state index is -3.31. The smallest absolute Gasteiger partial charge is 0.225 e. The summed E-state index contributed by atoms with van der Waals surface area (Å²) >= 11 is 3.31. The number of sulfone groups is 1. The van der Waals surface area contributed by atoms with Gasteiger partial charge in [-0.2, -0.15) is 0 Å². The minimum absolute atomic E-state index is 0.0374. The molecule has 1 fully saturated rings. The molecule has 4 nitrogen and oxygen atoms in total. The summed E-state index contributed by atoms with van der Waals surface area (Å²) in [7, 11) is -3.31. The summed E-state index contributed by atoms with van der Waals surface area (Å²) in [4.78, 5) is 14.1. The van der Waals surface area contributed by atoms with E-state index in [1.165, 1.54) is 0 Å². The van der Waals surface area contributed by atoms with Crippen molar-refractivity contribution in [3.8, 4) is 0 Å². The highest BCUT2D eigenvalue weighted by Crippen LogP contribution is 2.26. The van der Waals surface area contributed by atoms with Crippen molar-refractivity contribution in [3.05, 3.63) is 28.7 Å². The molecule has 1 amide bonds. The molecule has 6 heteroatoms. The number of amides is 1. The monoisotopic (exact) mass is 373 g/mol. The highest BCUT2D eigenvalue weighted by molar-refractivity contribution is 9.10. The molecule has 2 rings (SSSR count). The van der Waals surface area contributed by atoms with Gasteiger partial charge in [-0.05, 0) is 37.1 Å². The first-order valence-electron chi connectivity index (χ1n) is 7.10. The lowest BCUT2D eigenvalue weighted by atomic mass is 10.1. The summed E-state index contributed by atoms with van der Waals surface area (Å²) in [5, 5.41) is -0.394. The lowest BCUT2D eigenvalue weighted by Gasteiger charge is -2.32. The average Bonchev–Trinajstić information content (AvgIpc) is 2.47. The Kier molecular flexibility index (Phi) is 5.09. The van der Waals surface area contributed by atoms with Gasteiger partial charge in [0.15, 0.2) is 9.84 Å². The Morgan fingerprint density at radius 3 is 2.19 bits per heavy atom. The van der Waals surface area contributed by atoms with Crippen molar-refractivity contribution >= 4 is 31.7 Å². The standard InChI is InChI=1S/C15H20BrNO3S/c1-11(2)15(18)17-9-7-14(8-10-17)21(19,20)13-5-3-12(16)4-6-13/h3-6,11,14H,7-10H2,1-2H3. The summed E-state index contributed by atoms with van der Waals surface area (Å²) in [5.74, 6) is 0.0686. The SMILES string of the molecule is CC(C)C(=O)N1CCC(S(=O)(=O)c2ccc(Br)cc2)CC1. The molecule has 0 N–H and O–H groups in total. The Morgan fingerprint density at radius 2 is 1.71 bits per heavy atom. The van der Waals surface area contributed by atoms with Crippen LogP contribution in [-0.4, -0.2) is 37.6 Å². The number of halogens is 1. The molecule has 0 radical (unpaired) electrons. The minimum Gasteiger partial charge on any atom is -0.342 e. The lowest BCUT2D eigenvalue weighted by molar-refractivity contribution is -0.135. The van der Waals surface area contributed by atoms with Gasteiger partial charge in [-0.1, -0.05) is 29.8 Å². The fraction of sp³-hybridized carbons (Fsp3) is 0.533. The first-order valence-corrected chi connectivity index (χ1v) is 9.44. The van der Waals surface area contributed by atoms with Crippen molar-refractivity contribution in [2.45, 2.75) is 36.8 Å². The van der Waals surface area contributed by atoms with Gasteiger partial charge >= 0.3 is 0 Å². The zero-order valence-corrected chi connectivity index (χ0v) is 14.7. The molecule has 0 atom stereocenters. The van der Waals surface area contributed by atoms with Crippen LogP contribution in [0.4, 0.5) is 0 Å². The predicted molar refractivity (Wildman–Crippen MR) is 85.8 cm³/mol. The van der Waals surface area contributed by atoms with Crippen molar-refractivity contribution in [1.82, 2.24) is 4.90 Å². The van der Waals surface area contributed by atoms with Crippen LogP contribution in [0.25, 0.3) is 0 Å². The second kappa shape index (κ2) is 6.48. The topological polar surface area (TPSA) is 54.5 Å². The van der Waals surface area contributed by atoms with Gasteiger partial charge in [0.05, 0.1) is 10.1 Å². The van der Waals surface area contributed by atoms with E-state index in [-0.39, 0.29) is 11.8 Å². The van der Waals surface area contributed by atoms with Crippen LogP contribution in [0.2, 0.25) is 0 Å². The van der Waals surface area contributed by atoms with E-state index in [1.807, 2.05) is 13.8 Å². The van der Waals surface area contributed by atoms with Crippen molar-refractivity contribution in [3.63, 3.8) is 0 Å². The fourth-order valence-corrected chi connectivity index (χ4v) is 4.56. The fourth-order valence-electron chi connectivity index (χ4n) is 2.57. The molecule has 1 saturated heterocycles. The van der Waals surface area contributed by atoms with Gasteiger partial charge in [-0.3, -0.25) is 4.79 Å². The molecule has 0 aliphatic carbocycles. The molecule has 1 aliphatic heterocycles. The number of hydrogen-bond acceptors (Lipinski definition) is 3. The molecule has 1 aromatic rings.